The van der Waals surface area contributed by atoms with E-state index in [1.165, 1.54) is 19.2 Å². The molecule has 202 valence electrons. The first kappa shape index (κ1) is 27.8. The Labute approximate surface area is 213 Å². The molecule has 1 fully saturated rings. The number of nitrogen functional groups attached to an aromatic ring is 1. The van der Waals surface area contributed by atoms with Gasteiger partial charge in [-0.1, -0.05) is 19.0 Å². The maximum Gasteiger partial charge on any atom is 0.418 e. The van der Waals surface area contributed by atoms with E-state index < -0.39 is 62.7 Å². The van der Waals surface area contributed by atoms with Crippen LogP contribution in [0.4, 0.5) is 5.13 Å². The average molecular weight is 561 g/mol. The molecule has 6 N–H and O–H groups in total. The van der Waals surface area contributed by atoms with Crippen LogP contribution in [0.5, 0.6) is 5.75 Å². The number of amides is 2. The number of nitrogens with zero attached hydrogens (tertiary/aromatic N) is 4. The van der Waals surface area contributed by atoms with Gasteiger partial charge in [-0.25, -0.2) is 4.98 Å². The standard InChI is InChI=1S/C19H24N6O10S2/c1-8(2)14(10-5-11(26)12(27)6-24(10)30)34-23-13(9-7-36-18(20)21-9)16(28)22-15-17(29)25(19(15,3)4)35-37(31,32)33/h5-8,14-15,27,30H,1-4H3,(H2,20,21)(H,22,28)(H,31,32,33)/b23-13-/t14-,15-/m1/s1. The van der Waals surface area contributed by atoms with Crippen LogP contribution >= 0.6 is 11.3 Å². The Balaban J connectivity index is 1.92. The summed E-state index contributed by atoms with van der Waals surface area (Å²) in [7, 11) is -4.99. The number of nitrogens with two attached hydrogens (primary N) is 1. The molecule has 0 saturated carbocycles. The zero-order chi connectivity index (χ0) is 27.9. The lowest BCUT2D eigenvalue weighted by molar-refractivity contribution is -0.218. The topological polar surface area (TPSA) is 236 Å². The highest BCUT2D eigenvalue weighted by Crippen LogP contribution is 2.33. The maximum absolute atomic E-state index is 13.2. The number of nitrogens with one attached hydrogen (secondary N) is 1. The Morgan fingerprint density at radius 1 is 1.35 bits per heavy atom. The third-order valence-corrected chi connectivity index (χ3v) is 6.31. The molecule has 0 aromatic carbocycles. The van der Waals surface area contributed by atoms with Gasteiger partial charge in [-0.15, -0.1) is 15.6 Å². The van der Waals surface area contributed by atoms with Gasteiger partial charge in [0.1, 0.15) is 17.4 Å². The molecule has 2 aromatic rings. The van der Waals surface area contributed by atoms with Gasteiger partial charge in [0.15, 0.2) is 22.7 Å². The van der Waals surface area contributed by atoms with Crippen molar-refractivity contribution in [3.63, 3.8) is 0 Å². The Kier molecular flexibility index (Phi) is 7.49. The molecule has 1 saturated heterocycles. The second kappa shape index (κ2) is 9.96. The van der Waals surface area contributed by atoms with E-state index in [2.05, 4.69) is 19.7 Å². The number of hydrogen-bond acceptors (Lipinski definition) is 13. The van der Waals surface area contributed by atoms with E-state index in [0.717, 1.165) is 23.6 Å². The summed E-state index contributed by atoms with van der Waals surface area (Å²) < 4.78 is 35.7. The zero-order valence-electron chi connectivity index (χ0n) is 19.8. The van der Waals surface area contributed by atoms with Crippen LogP contribution in [0.15, 0.2) is 27.6 Å². The molecule has 37 heavy (non-hydrogen) atoms. The SMILES string of the molecule is CC(C)[C@@H](O/N=C(\C(=O)N[C@@H]1C(=O)N(OS(=O)(=O)O)C1(C)C)c1csc(N)n1)c1cc(=O)c(O)cn1O. The molecule has 3 rings (SSSR count). The number of oxime groups is 1. The first-order chi connectivity index (χ1) is 17.0. The van der Waals surface area contributed by atoms with Crippen LogP contribution in [-0.2, 0) is 29.1 Å². The van der Waals surface area contributed by atoms with Crippen molar-refractivity contribution >= 4 is 44.4 Å². The third kappa shape index (κ3) is 5.82. The molecular formula is C19H24N6O10S2. The van der Waals surface area contributed by atoms with Gasteiger partial charge in [0.25, 0.3) is 11.8 Å². The molecule has 2 amide bonds. The second-order valence-corrected chi connectivity index (χ2v) is 10.7. The van der Waals surface area contributed by atoms with Crippen molar-refractivity contribution in [1.29, 1.82) is 0 Å². The molecule has 2 aromatic heterocycles. The zero-order valence-corrected chi connectivity index (χ0v) is 21.5. The van der Waals surface area contributed by atoms with Crippen LogP contribution in [0.1, 0.15) is 45.2 Å². The van der Waals surface area contributed by atoms with Gasteiger partial charge < -0.3 is 26.2 Å². The van der Waals surface area contributed by atoms with Crippen molar-refractivity contribution in [2.45, 2.75) is 45.4 Å². The van der Waals surface area contributed by atoms with E-state index in [1.807, 2.05) is 0 Å². The fourth-order valence-electron chi connectivity index (χ4n) is 3.39. The van der Waals surface area contributed by atoms with Gasteiger partial charge in [-0.3, -0.25) is 18.9 Å². The number of carbonyl (C=O) groups excluding carboxylic acids is 2. The molecular weight excluding hydrogens is 536 g/mol. The van der Waals surface area contributed by atoms with Gasteiger partial charge in [0.2, 0.25) is 5.43 Å². The number of pyridine rings is 1. The minimum atomic E-state index is -4.99. The van der Waals surface area contributed by atoms with Gasteiger partial charge >= 0.3 is 10.4 Å². The fraction of sp³-hybridized carbons (Fsp3) is 0.421. The largest absolute Gasteiger partial charge is 0.503 e. The highest BCUT2D eigenvalue weighted by Gasteiger charge is 2.58. The van der Waals surface area contributed by atoms with Crippen LogP contribution in [0.3, 0.4) is 0 Å². The molecule has 0 unspecified atom stereocenters. The van der Waals surface area contributed by atoms with E-state index >= 15 is 0 Å². The number of aromatic hydroxyl groups is 1. The highest BCUT2D eigenvalue weighted by atomic mass is 32.3. The number of hydroxylamine groups is 2. The second-order valence-electron chi connectivity index (χ2n) is 8.77. The Morgan fingerprint density at radius 2 is 2.00 bits per heavy atom. The van der Waals surface area contributed by atoms with E-state index in [-0.39, 0.29) is 16.5 Å². The summed E-state index contributed by atoms with van der Waals surface area (Å²) in [4.78, 5) is 47.0. The lowest BCUT2D eigenvalue weighted by Crippen LogP contribution is -2.76. The van der Waals surface area contributed by atoms with Crippen molar-refractivity contribution in [1.82, 2.24) is 20.1 Å². The molecule has 1 aliphatic heterocycles. The summed E-state index contributed by atoms with van der Waals surface area (Å²) in [6, 6.07) is -0.348. The minimum Gasteiger partial charge on any atom is -0.503 e. The van der Waals surface area contributed by atoms with Crippen molar-refractivity contribution in [3.8, 4) is 5.75 Å². The summed E-state index contributed by atoms with van der Waals surface area (Å²) in [6.07, 6.45) is -0.308. The van der Waals surface area contributed by atoms with Gasteiger partial charge in [-0.05, 0) is 19.8 Å². The van der Waals surface area contributed by atoms with Crippen molar-refractivity contribution in [2.75, 3.05) is 5.73 Å². The molecule has 2 atom stereocenters. The van der Waals surface area contributed by atoms with Crippen LogP contribution in [0, 0.1) is 5.92 Å². The third-order valence-electron chi connectivity index (χ3n) is 5.30. The monoisotopic (exact) mass is 560 g/mol. The quantitative estimate of drug-likeness (QED) is 0.0880. The van der Waals surface area contributed by atoms with Gasteiger partial charge in [-0.2, -0.15) is 18.2 Å². The number of anilines is 1. The predicted molar refractivity (Wildman–Crippen MR) is 127 cm³/mol. The summed E-state index contributed by atoms with van der Waals surface area (Å²) in [5.74, 6) is -3.04. The number of carbonyl (C=O) groups is 2. The Bertz CT molecular complexity index is 1410. The molecule has 0 aliphatic carbocycles. The number of rotatable bonds is 9. The Morgan fingerprint density at radius 3 is 2.51 bits per heavy atom. The van der Waals surface area contributed by atoms with Gasteiger partial charge in [0.05, 0.1) is 11.7 Å². The lowest BCUT2D eigenvalue weighted by atomic mass is 9.84. The fourth-order valence-corrected chi connectivity index (χ4v) is 4.39. The first-order valence-electron chi connectivity index (χ1n) is 10.4. The normalized spacial score (nSPS) is 18.4. The van der Waals surface area contributed by atoms with E-state index in [1.54, 1.807) is 13.8 Å². The molecule has 0 bridgehead atoms. The number of aromatic nitrogens is 2. The van der Waals surface area contributed by atoms with Crippen molar-refractivity contribution < 1.29 is 42.0 Å². The summed E-state index contributed by atoms with van der Waals surface area (Å²) in [5.41, 5.74) is 2.96. The van der Waals surface area contributed by atoms with E-state index in [0.29, 0.717) is 9.79 Å². The maximum atomic E-state index is 13.2. The molecule has 3 heterocycles. The van der Waals surface area contributed by atoms with Crippen LogP contribution in [-0.4, -0.2) is 67.2 Å². The van der Waals surface area contributed by atoms with Crippen LogP contribution in [0.25, 0.3) is 0 Å². The molecule has 18 heteroatoms. The molecule has 1 aliphatic rings. The number of thiazole rings is 1. The molecule has 0 spiro atoms. The van der Waals surface area contributed by atoms with Crippen molar-refractivity contribution in [3.05, 3.63) is 39.3 Å². The predicted octanol–water partition coefficient (Wildman–Crippen LogP) is -0.212. The molecule has 16 nitrogen and oxygen atoms in total. The molecule has 0 radical (unpaired) electrons. The van der Waals surface area contributed by atoms with Crippen molar-refractivity contribution in [2.24, 2.45) is 11.1 Å². The summed E-state index contributed by atoms with van der Waals surface area (Å²) >= 11 is 0.986. The average Bonchev–Trinajstić information content (AvgIpc) is 3.21. The van der Waals surface area contributed by atoms with Crippen LogP contribution in [0.2, 0.25) is 0 Å². The van der Waals surface area contributed by atoms with E-state index in [4.69, 9.17) is 15.1 Å². The Hall–Kier alpha value is -3.74. The minimum absolute atomic E-state index is 0.0229. The summed E-state index contributed by atoms with van der Waals surface area (Å²) in [6.45, 7) is 6.10. The van der Waals surface area contributed by atoms with Gasteiger partial charge in [0, 0.05) is 11.4 Å². The number of β-lactam (4-membered cyclic amide) rings is 1. The lowest BCUT2D eigenvalue weighted by Gasteiger charge is -2.50. The van der Waals surface area contributed by atoms with Crippen LogP contribution < -0.4 is 16.5 Å². The number of hydrogen-bond donors (Lipinski definition) is 5. The smallest absolute Gasteiger partial charge is 0.418 e. The highest BCUT2D eigenvalue weighted by molar-refractivity contribution is 7.80. The van der Waals surface area contributed by atoms with E-state index in [9.17, 15) is 33.1 Å². The summed E-state index contributed by atoms with van der Waals surface area (Å²) in [5, 5.41) is 27.8. The first-order valence-corrected chi connectivity index (χ1v) is 12.7.